The maximum absolute atomic E-state index is 13.4. The van der Waals surface area contributed by atoms with Crippen molar-refractivity contribution < 1.29 is 9.90 Å². The number of hydrogen-bond acceptors (Lipinski definition) is 3. The number of rotatable bonds is 4. The van der Waals surface area contributed by atoms with Crippen molar-refractivity contribution in [2.45, 2.75) is 63.5 Å². The fraction of sp³-hybridized carbons (Fsp3) is 0.565. The predicted octanol–water partition coefficient (Wildman–Crippen LogP) is 3.67. The predicted molar refractivity (Wildman–Crippen MR) is 109 cm³/mol. The van der Waals surface area contributed by atoms with E-state index in [4.69, 9.17) is 0 Å². The lowest BCUT2D eigenvalue weighted by molar-refractivity contribution is -0.110. The van der Waals surface area contributed by atoms with Crippen LogP contribution in [-0.2, 0) is 19.1 Å². The number of piperidine rings is 1. The zero-order valence-corrected chi connectivity index (χ0v) is 17.0. The molecule has 1 N–H and O–H groups in total. The lowest BCUT2D eigenvalue weighted by Gasteiger charge is -2.52. The molecule has 2 fully saturated rings. The third-order valence-corrected chi connectivity index (χ3v) is 6.67. The monoisotopic (exact) mass is 381 g/mol. The van der Waals surface area contributed by atoms with Crippen LogP contribution in [0.3, 0.4) is 0 Å². The number of aliphatic hydroxyl groups is 1. The van der Waals surface area contributed by atoms with E-state index in [0.717, 1.165) is 49.8 Å². The van der Waals surface area contributed by atoms with Crippen molar-refractivity contribution in [3.8, 4) is 0 Å². The summed E-state index contributed by atoms with van der Waals surface area (Å²) < 4.78 is 1.73. The number of benzene rings is 1. The molecule has 1 saturated carbocycles. The van der Waals surface area contributed by atoms with Gasteiger partial charge in [-0.05, 0) is 37.3 Å². The minimum atomic E-state index is -0.844. The average molecular weight is 382 g/mol. The molecule has 5 nitrogen and oxygen atoms in total. The standard InChI is InChI=1S/C23H31N3O2/c1-3-9-18-16-21(25(2)24-18)22(27)26-15-14-23(28,17-10-5-4-6-11-17)19-12-7-8-13-20(19)26/h4-6,10-11,16,19-20,28H,3,7-9,12-15H2,1-2H3/t19-,20+,23?/m0/s1. The van der Waals surface area contributed by atoms with Crippen LogP contribution in [0.4, 0.5) is 0 Å². The van der Waals surface area contributed by atoms with Gasteiger partial charge >= 0.3 is 0 Å². The first kappa shape index (κ1) is 19.2. The summed E-state index contributed by atoms with van der Waals surface area (Å²) in [5, 5.41) is 16.2. The molecule has 1 unspecified atom stereocenters. The largest absolute Gasteiger partial charge is 0.385 e. The van der Waals surface area contributed by atoms with Gasteiger partial charge in [0.05, 0.1) is 11.3 Å². The van der Waals surface area contributed by atoms with Crippen molar-refractivity contribution >= 4 is 5.91 Å². The average Bonchev–Trinajstić information content (AvgIpc) is 3.09. The Morgan fingerprint density at radius 2 is 2.00 bits per heavy atom. The second kappa shape index (κ2) is 7.70. The lowest BCUT2D eigenvalue weighted by Crippen LogP contribution is -2.59. The van der Waals surface area contributed by atoms with Crippen LogP contribution < -0.4 is 0 Å². The molecule has 2 heterocycles. The summed E-state index contributed by atoms with van der Waals surface area (Å²) in [5.74, 6) is 0.147. The van der Waals surface area contributed by atoms with Crippen molar-refractivity contribution in [1.29, 1.82) is 0 Å². The van der Waals surface area contributed by atoms with Crippen LogP contribution >= 0.6 is 0 Å². The van der Waals surface area contributed by atoms with Crippen molar-refractivity contribution in [3.63, 3.8) is 0 Å². The van der Waals surface area contributed by atoms with Crippen LogP contribution in [-0.4, -0.2) is 38.3 Å². The second-order valence-corrected chi connectivity index (χ2v) is 8.39. The molecule has 1 aromatic carbocycles. The molecule has 3 atom stereocenters. The molecule has 2 aromatic rings. The number of aromatic nitrogens is 2. The number of fused-ring (bicyclic) bond motifs is 1. The van der Waals surface area contributed by atoms with Crippen LogP contribution in [0.1, 0.15) is 67.2 Å². The zero-order valence-electron chi connectivity index (χ0n) is 17.0. The second-order valence-electron chi connectivity index (χ2n) is 8.39. The number of carbonyl (C=O) groups excluding carboxylic acids is 1. The zero-order chi connectivity index (χ0) is 19.7. The molecule has 5 heteroatoms. The van der Waals surface area contributed by atoms with Gasteiger partial charge < -0.3 is 10.0 Å². The Kier molecular flexibility index (Phi) is 5.28. The van der Waals surface area contributed by atoms with Crippen LogP contribution in [0.25, 0.3) is 0 Å². The summed E-state index contributed by atoms with van der Waals surface area (Å²) in [6, 6.07) is 12.1. The molecule has 0 bridgehead atoms. The van der Waals surface area contributed by atoms with E-state index in [1.807, 2.05) is 48.3 Å². The van der Waals surface area contributed by atoms with Gasteiger partial charge in [-0.25, -0.2) is 0 Å². The number of hydrogen-bond donors (Lipinski definition) is 1. The third-order valence-electron chi connectivity index (χ3n) is 6.67. The number of amides is 1. The Morgan fingerprint density at radius 3 is 2.75 bits per heavy atom. The SMILES string of the molecule is CCCc1cc(C(=O)N2CCC(O)(c3ccccc3)[C@H]3CCCC[C@H]32)n(C)n1. The molecule has 1 aromatic heterocycles. The quantitative estimate of drug-likeness (QED) is 0.879. The Balaban J connectivity index is 1.63. The van der Waals surface area contributed by atoms with E-state index in [9.17, 15) is 9.90 Å². The van der Waals surface area contributed by atoms with Crippen LogP contribution in [0.5, 0.6) is 0 Å². The van der Waals surface area contributed by atoms with Crippen LogP contribution in [0.15, 0.2) is 36.4 Å². The van der Waals surface area contributed by atoms with Crippen LogP contribution in [0, 0.1) is 5.92 Å². The van der Waals surface area contributed by atoms with Gasteiger partial charge in [0.2, 0.25) is 0 Å². The fourth-order valence-corrected chi connectivity index (χ4v) is 5.27. The van der Waals surface area contributed by atoms with Crippen molar-refractivity contribution in [1.82, 2.24) is 14.7 Å². The van der Waals surface area contributed by atoms with E-state index in [1.165, 1.54) is 0 Å². The van der Waals surface area contributed by atoms with Crippen molar-refractivity contribution in [2.24, 2.45) is 13.0 Å². The Bertz CT molecular complexity index is 832. The Hall–Kier alpha value is -2.14. The number of aryl methyl sites for hydroxylation is 2. The minimum Gasteiger partial charge on any atom is -0.385 e. The van der Waals surface area contributed by atoms with E-state index < -0.39 is 5.60 Å². The minimum absolute atomic E-state index is 0.0596. The molecule has 0 spiro atoms. The van der Waals surface area contributed by atoms with Gasteiger partial charge in [0, 0.05) is 25.6 Å². The highest BCUT2D eigenvalue weighted by Crippen LogP contribution is 2.47. The Morgan fingerprint density at radius 1 is 1.25 bits per heavy atom. The van der Waals surface area contributed by atoms with Gasteiger partial charge in [-0.2, -0.15) is 5.10 Å². The highest BCUT2D eigenvalue weighted by molar-refractivity contribution is 5.93. The van der Waals surface area contributed by atoms with Gasteiger partial charge in [-0.3, -0.25) is 9.48 Å². The highest BCUT2D eigenvalue weighted by atomic mass is 16.3. The topological polar surface area (TPSA) is 58.4 Å². The van der Waals surface area contributed by atoms with Gasteiger partial charge in [-0.15, -0.1) is 0 Å². The van der Waals surface area contributed by atoms with E-state index in [1.54, 1.807) is 4.68 Å². The fourth-order valence-electron chi connectivity index (χ4n) is 5.27. The molecule has 1 aliphatic carbocycles. The van der Waals surface area contributed by atoms with Gasteiger partial charge in [0.1, 0.15) is 5.69 Å². The van der Waals surface area contributed by atoms with E-state index in [0.29, 0.717) is 18.7 Å². The van der Waals surface area contributed by atoms with E-state index in [-0.39, 0.29) is 17.9 Å². The molecule has 28 heavy (non-hydrogen) atoms. The summed E-state index contributed by atoms with van der Waals surface area (Å²) >= 11 is 0. The first-order chi connectivity index (χ1) is 13.5. The maximum atomic E-state index is 13.4. The lowest BCUT2D eigenvalue weighted by atomic mass is 9.66. The molecule has 1 amide bonds. The molecule has 1 saturated heterocycles. The first-order valence-electron chi connectivity index (χ1n) is 10.7. The summed E-state index contributed by atoms with van der Waals surface area (Å²) in [6.45, 7) is 2.71. The molecule has 4 rings (SSSR count). The molecule has 150 valence electrons. The smallest absolute Gasteiger partial charge is 0.272 e. The van der Waals surface area contributed by atoms with E-state index >= 15 is 0 Å². The van der Waals surface area contributed by atoms with Crippen molar-refractivity contribution in [3.05, 3.63) is 53.3 Å². The number of nitrogens with zero attached hydrogens (tertiary/aromatic N) is 3. The molecule has 2 aliphatic rings. The van der Waals surface area contributed by atoms with Crippen molar-refractivity contribution in [2.75, 3.05) is 6.54 Å². The summed E-state index contributed by atoms with van der Waals surface area (Å²) in [4.78, 5) is 15.4. The molecular weight excluding hydrogens is 350 g/mol. The highest BCUT2D eigenvalue weighted by Gasteiger charge is 2.50. The maximum Gasteiger partial charge on any atom is 0.272 e. The summed E-state index contributed by atoms with van der Waals surface area (Å²) in [7, 11) is 1.86. The third kappa shape index (κ3) is 3.26. The Labute approximate surface area is 167 Å². The van der Waals surface area contributed by atoms with Gasteiger partial charge in [0.15, 0.2) is 0 Å². The van der Waals surface area contributed by atoms with E-state index in [2.05, 4.69) is 12.0 Å². The number of likely N-dealkylation sites (tertiary alicyclic amines) is 1. The summed E-state index contributed by atoms with van der Waals surface area (Å²) in [6.07, 6.45) is 6.65. The normalized spacial score (nSPS) is 27.5. The summed E-state index contributed by atoms with van der Waals surface area (Å²) in [5.41, 5.74) is 1.79. The number of carbonyl (C=O) groups is 1. The van der Waals surface area contributed by atoms with Crippen LogP contribution in [0.2, 0.25) is 0 Å². The molecule has 1 aliphatic heterocycles. The molecular formula is C23H31N3O2. The van der Waals surface area contributed by atoms with Gasteiger partial charge in [-0.1, -0.05) is 56.5 Å². The van der Waals surface area contributed by atoms with Gasteiger partial charge in [0.25, 0.3) is 5.91 Å². The first-order valence-corrected chi connectivity index (χ1v) is 10.7. The molecule has 0 radical (unpaired) electrons.